The lowest BCUT2D eigenvalue weighted by atomic mass is 10.1. The van der Waals surface area contributed by atoms with Crippen molar-refractivity contribution >= 4 is 64.1 Å². The molecular weight excluding hydrogens is 502 g/mol. The smallest absolute Gasteiger partial charge is 0.270 e. The molecule has 3 aromatic rings. The Morgan fingerprint density at radius 2 is 1.81 bits per heavy atom. The van der Waals surface area contributed by atoms with Crippen LogP contribution in [0, 0.1) is 0 Å². The third-order valence-corrected chi connectivity index (χ3v) is 5.70. The third-order valence-electron chi connectivity index (χ3n) is 5.12. The van der Waals surface area contributed by atoms with Crippen LogP contribution in [0.5, 0.6) is 11.5 Å². The number of carbonyl (C=O) groups excluding carboxylic acids is 3. The first-order valence-electron chi connectivity index (χ1n) is 10.7. The second-order valence-electron chi connectivity index (χ2n) is 7.55. The van der Waals surface area contributed by atoms with E-state index >= 15 is 0 Å². The fourth-order valence-electron chi connectivity index (χ4n) is 3.37. The van der Waals surface area contributed by atoms with Gasteiger partial charge in [-0.15, -0.1) is 0 Å². The summed E-state index contributed by atoms with van der Waals surface area (Å²) in [7, 11) is 1.56. The molecule has 0 spiro atoms. The van der Waals surface area contributed by atoms with E-state index in [9.17, 15) is 14.4 Å². The number of nitrogens with one attached hydrogen (secondary N) is 2. The molecule has 10 heteroatoms. The van der Waals surface area contributed by atoms with Crippen LogP contribution in [0.4, 0.5) is 11.4 Å². The molecule has 1 aliphatic heterocycles. The molecule has 182 valence electrons. The largest absolute Gasteiger partial charge is 0.497 e. The number of amides is 3. The van der Waals surface area contributed by atoms with E-state index in [0.717, 1.165) is 0 Å². The van der Waals surface area contributed by atoms with E-state index in [0.29, 0.717) is 22.7 Å². The lowest BCUT2D eigenvalue weighted by Crippen LogP contribution is -2.54. The highest BCUT2D eigenvalue weighted by molar-refractivity contribution is 7.80. The molecule has 1 saturated heterocycles. The van der Waals surface area contributed by atoms with Gasteiger partial charge < -0.3 is 14.8 Å². The van der Waals surface area contributed by atoms with Gasteiger partial charge in [0.05, 0.1) is 17.8 Å². The predicted octanol–water partition coefficient (Wildman–Crippen LogP) is 4.20. The molecule has 0 atom stereocenters. The second-order valence-corrected chi connectivity index (χ2v) is 8.34. The zero-order valence-corrected chi connectivity index (χ0v) is 20.6. The summed E-state index contributed by atoms with van der Waals surface area (Å²) in [6.07, 6.45) is 1.42. The van der Waals surface area contributed by atoms with E-state index in [4.69, 9.17) is 33.3 Å². The number of methoxy groups -OCH3 is 1. The number of halogens is 1. The standard InChI is InChI=1S/C26H20ClN3O5S/c1-34-19-10-8-17(9-11-19)28-23(31)15-35-22-12-7-16(14-21(22)27)13-20-24(32)29-26(36)30(25(20)33)18-5-3-2-4-6-18/h2-14H,15H2,1H3,(H,28,31)(H,29,32,36)/b20-13-. The lowest BCUT2D eigenvalue weighted by molar-refractivity contribution is -0.122. The Morgan fingerprint density at radius 1 is 1.08 bits per heavy atom. The Kier molecular flexibility index (Phi) is 7.62. The monoisotopic (exact) mass is 521 g/mol. The summed E-state index contributed by atoms with van der Waals surface area (Å²) in [5, 5.41) is 5.46. The molecule has 8 nitrogen and oxygen atoms in total. The van der Waals surface area contributed by atoms with Gasteiger partial charge >= 0.3 is 0 Å². The van der Waals surface area contributed by atoms with Gasteiger partial charge in [0.25, 0.3) is 17.7 Å². The number of carbonyl (C=O) groups is 3. The maximum absolute atomic E-state index is 13.1. The minimum absolute atomic E-state index is 0.00282. The molecule has 1 heterocycles. The van der Waals surface area contributed by atoms with Crippen molar-refractivity contribution in [3.63, 3.8) is 0 Å². The van der Waals surface area contributed by atoms with Gasteiger partial charge in [0.15, 0.2) is 11.7 Å². The van der Waals surface area contributed by atoms with E-state index in [2.05, 4.69) is 10.6 Å². The summed E-state index contributed by atoms with van der Waals surface area (Å²) in [6.45, 7) is -0.267. The predicted molar refractivity (Wildman–Crippen MR) is 141 cm³/mol. The molecule has 0 aromatic heterocycles. The molecule has 0 saturated carbocycles. The van der Waals surface area contributed by atoms with Crippen LogP contribution in [0.2, 0.25) is 5.02 Å². The topological polar surface area (TPSA) is 97.0 Å². The van der Waals surface area contributed by atoms with Gasteiger partial charge in [-0.1, -0.05) is 35.9 Å². The molecule has 0 unspecified atom stereocenters. The summed E-state index contributed by atoms with van der Waals surface area (Å²) < 4.78 is 10.6. The zero-order chi connectivity index (χ0) is 25.7. The Hall–Kier alpha value is -4.21. The highest BCUT2D eigenvalue weighted by Gasteiger charge is 2.34. The number of nitrogens with zero attached hydrogens (tertiary/aromatic N) is 1. The number of hydrogen-bond donors (Lipinski definition) is 2. The minimum atomic E-state index is -0.608. The second kappa shape index (κ2) is 11.0. The molecule has 1 fully saturated rings. The van der Waals surface area contributed by atoms with Crippen molar-refractivity contribution in [2.45, 2.75) is 0 Å². The van der Waals surface area contributed by atoms with Crippen LogP contribution in [0.3, 0.4) is 0 Å². The molecule has 1 aliphatic rings. The van der Waals surface area contributed by atoms with Crippen molar-refractivity contribution in [2.24, 2.45) is 0 Å². The van der Waals surface area contributed by atoms with E-state index in [1.807, 2.05) is 6.07 Å². The molecule has 36 heavy (non-hydrogen) atoms. The first-order chi connectivity index (χ1) is 17.4. The molecule has 0 radical (unpaired) electrons. The zero-order valence-electron chi connectivity index (χ0n) is 19.0. The molecule has 0 bridgehead atoms. The van der Waals surface area contributed by atoms with Crippen LogP contribution in [0.25, 0.3) is 6.08 Å². The van der Waals surface area contributed by atoms with Crippen LogP contribution in [0.15, 0.2) is 78.4 Å². The molecule has 3 aromatic carbocycles. The van der Waals surface area contributed by atoms with Crippen molar-refractivity contribution in [1.29, 1.82) is 0 Å². The Balaban J connectivity index is 1.44. The average molecular weight is 522 g/mol. The van der Waals surface area contributed by atoms with E-state index < -0.39 is 11.8 Å². The van der Waals surface area contributed by atoms with E-state index in [1.165, 1.54) is 17.0 Å². The summed E-state index contributed by atoms with van der Waals surface area (Å²) in [5.74, 6) is -0.585. The van der Waals surface area contributed by atoms with Crippen LogP contribution >= 0.6 is 23.8 Å². The molecule has 0 aliphatic carbocycles. The van der Waals surface area contributed by atoms with Crippen LogP contribution < -0.4 is 25.0 Å². The number of para-hydroxylation sites is 1. The van der Waals surface area contributed by atoms with Crippen LogP contribution in [-0.2, 0) is 14.4 Å². The number of ether oxygens (including phenoxy) is 2. The molecule has 4 rings (SSSR count). The Bertz CT molecular complexity index is 1360. The SMILES string of the molecule is COc1ccc(NC(=O)COc2ccc(/C=C3/C(=O)NC(=S)N(c4ccccc4)C3=O)cc2Cl)cc1. The van der Waals surface area contributed by atoms with Crippen LogP contribution in [0.1, 0.15) is 5.56 Å². The maximum Gasteiger partial charge on any atom is 0.270 e. The molecule has 3 amide bonds. The summed E-state index contributed by atoms with van der Waals surface area (Å²) in [4.78, 5) is 39.0. The summed E-state index contributed by atoms with van der Waals surface area (Å²) >= 11 is 11.5. The van der Waals surface area contributed by atoms with Gasteiger partial charge in [0.1, 0.15) is 17.1 Å². The van der Waals surface area contributed by atoms with Gasteiger partial charge in [0.2, 0.25) is 0 Å². The highest BCUT2D eigenvalue weighted by Crippen LogP contribution is 2.28. The Morgan fingerprint density at radius 3 is 2.47 bits per heavy atom. The third kappa shape index (κ3) is 5.70. The molecular formula is C26H20ClN3O5S. The van der Waals surface area contributed by atoms with Crippen molar-refractivity contribution in [1.82, 2.24) is 5.32 Å². The number of rotatable bonds is 7. The fraction of sp³-hybridized carbons (Fsp3) is 0.0769. The maximum atomic E-state index is 13.1. The first kappa shape index (κ1) is 24.9. The summed E-state index contributed by atoms with van der Waals surface area (Å²) in [5.41, 5.74) is 1.52. The van der Waals surface area contributed by atoms with Crippen molar-refractivity contribution in [2.75, 3.05) is 23.9 Å². The average Bonchev–Trinajstić information content (AvgIpc) is 2.87. The number of anilines is 2. The number of benzene rings is 3. The van der Waals surface area contributed by atoms with Crippen LogP contribution in [-0.4, -0.2) is 36.6 Å². The quantitative estimate of drug-likeness (QED) is 0.275. The van der Waals surface area contributed by atoms with Crippen molar-refractivity contribution in [3.05, 3.63) is 89.0 Å². The minimum Gasteiger partial charge on any atom is -0.497 e. The normalized spacial score (nSPS) is 14.4. The highest BCUT2D eigenvalue weighted by atomic mass is 35.5. The lowest BCUT2D eigenvalue weighted by Gasteiger charge is -2.28. The van der Waals surface area contributed by atoms with Gasteiger partial charge in [0, 0.05) is 5.69 Å². The number of thiocarbonyl (C=S) groups is 1. The van der Waals surface area contributed by atoms with Gasteiger partial charge in [-0.2, -0.15) is 0 Å². The fourth-order valence-corrected chi connectivity index (χ4v) is 3.90. The summed E-state index contributed by atoms with van der Waals surface area (Å²) in [6, 6.07) is 20.4. The van der Waals surface area contributed by atoms with Gasteiger partial charge in [-0.05, 0) is 72.4 Å². The van der Waals surface area contributed by atoms with E-state index in [1.54, 1.807) is 67.8 Å². The van der Waals surface area contributed by atoms with Crippen molar-refractivity contribution < 1.29 is 23.9 Å². The molecule has 2 N–H and O–H groups in total. The van der Waals surface area contributed by atoms with E-state index in [-0.39, 0.29) is 34.0 Å². The first-order valence-corrected chi connectivity index (χ1v) is 11.5. The number of hydrogen-bond acceptors (Lipinski definition) is 6. The van der Waals surface area contributed by atoms with Gasteiger partial charge in [-0.25, -0.2) is 0 Å². The van der Waals surface area contributed by atoms with Crippen molar-refractivity contribution in [3.8, 4) is 11.5 Å². The van der Waals surface area contributed by atoms with Gasteiger partial charge in [-0.3, -0.25) is 24.6 Å². The Labute approximate surface area is 217 Å².